The molecule has 1 rings (SSSR count). The van der Waals surface area contributed by atoms with Crippen molar-refractivity contribution >= 4 is 12.6 Å². The summed E-state index contributed by atoms with van der Waals surface area (Å²) in [5, 5.41) is 9.25. The molecule has 0 radical (unpaired) electrons. The highest BCUT2D eigenvalue weighted by atomic mass is 32.1. The minimum absolute atomic E-state index is 0.329. The molecule has 1 aliphatic rings. The summed E-state index contributed by atoms with van der Waals surface area (Å²) in [5.41, 5.74) is 0. The Bertz CT molecular complexity index is 147. The van der Waals surface area contributed by atoms with Gasteiger partial charge in [-0.05, 0) is 13.3 Å². The van der Waals surface area contributed by atoms with E-state index >= 15 is 0 Å². The lowest BCUT2D eigenvalue weighted by molar-refractivity contribution is -0.00593. The number of aliphatic hydroxyl groups is 1. The summed E-state index contributed by atoms with van der Waals surface area (Å²) in [6, 6.07) is 0.329. The summed E-state index contributed by atoms with van der Waals surface area (Å²) < 4.78 is 12.8. The van der Waals surface area contributed by atoms with E-state index in [-0.39, 0.29) is 0 Å². The van der Waals surface area contributed by atoms with E-state index in [0.717, 1.165) is 12.3 Å². The predicted molar refractivity (Wildman–Crippen MR) is 50.4 cm³/mol. The zero-order valence-electron chi connectivity index (χ0n) is 7.28. The normalized spacial score (nSPS) is 35.0. The van der Waals surface area contributed by atoms with Crippen LogP contribution in [0.15, 0.2) is 0 Å². The quantitative estimate of drug-likeness (QED) is 0.631. The second kappa shape index (κ2) is 4.44. The fraction of sp³-hybridized carbons (Fsp3) is 1.00. The number of hydrogen-bond donors (Lipinski definition) is 2. The van der Waals surface area contributed by atoms with Crippen LogP contribution in [0.5, 0.6) is 0 Å². The maximum absolute atomic E-state index is 12.8. The van der Waals surface area contributed by atoms with Gasteiger partial charge in [-0.15, -0.1) is 0 Å². The molecule has 2 nitrogen and oxygen atoms in total. The number of piperidine rings is 1. The molecule has 0 aromatic carbocycles. The first kappa shape index (κ1) is 10.3. The monoisotopic (exact) mass is 193 g/mol. The number of alkyl halides is 1. The number of β-amino-alcohol motifs (C(OH)–C–C–N with tert-alkyl or cyclic N) is 1. The molecule has 1 fully saturated rings. The average Bonchev–Trinajstić information content (AvgIpc) is 2.08. The highest BCUT2D eigenvalue weighted by Gasteiger charge is 2.28. The minimum atomic E-state index is -1.03. The molecule has 0 saturated carbocycles. The van der Waals surface area contributed by atoms with Gasteiger partial charge in [0.15, 0.2) is 0 Å². The number of aliphatic hydroxyl groups excluding tert-OH is 1. The Labute approximate surface area is 78.2 Å². The molecule has 0 aliphatic carbocycles. The highest BCUT2D eigenvalue weighted by molar-refractivity contribution is 7.80. The van der Waals surface area contributed by atoms with Crippen LogP contribution in [0, 0.1) is 0 Å². The molecule has 0 amide bonds. The van der Waals surface area contributed by atoms with Crippen LogP contribution in [0.2, 0.25) is 0 Å². The third-order valence-electron chi connectivity index (χ3n) is 2.42. The highest BCUT2D eigenvalue weighted by Crippen LogP contribution is 2.16. The molecular weight excluding hydrogens is 177 g/mol. The summed E-state index contributed by atoms with van der Waals surface area (Å²) in [7, 11) is 0. The van der Waals surface area contributed by atoms with Crippen molar-refractivity contribution in [2.24, 2.45) is 0 Å². The van der Waals surface area contributed by atoms with E-state index < -0.39 is 12.3 Å². The molecule has 1 saturated heterocycles. The number of likely N-dealkylation sites (tertiary alicyclic amines) is 1. The van der Waals surface area contributed by atoms with Crippen LogP contribution in [0.1, 0.15) is 13.3 Å². The van der Waals surface area contributed by atoms with Crippen LogP contribution in [-0.4, -0.2) is 47.2 Å². The van der Waals surface area contributed by atoms with Crippen molar-refractivity contribution in [1.29, 1.82) is 0 Å². The van der Waals surface area contributed by atoms with Crippen molar-refractivity contribution in [3.63, 3.8) is 0 Å². The predicted octanol–water partition coefficient (Wildman–Crippen LogP) is 0.709. The molecule has 0 spiro atoms. The molecular formula is C8H16FNOS. The zero-order chi connectivity index (χ0) is 9.14. The van der Waals surface area contributed by atoms with Crippen LogP contribution in [0.4, 0.5) is 4.39 Å². The van der Waals surface area contributed by atoms with Gasteiger partial charge in [0.1, 0.15) is 6.17 Å². The Morgan fingerprint density at radius 3 is 2.92 bits per heavy atom. The molecule has 72 valence electrons. The van der Waals surface area contributed by atoms with Crippen LogP contribution in [0.3, 0.4) is 0 Å². The topological polar surface area (TPSA) is 23.5 Å². The van der Waals surface area contributed by atoms with Crippen molar-refractivity contribution in [3.05, 3.63) is 0 Å². The van der Waals surface area contributed by atoms with Crippen LogP contribution in [0.25, 0.3) is 0 Å². The second-order valence-corrected chi connectivity index (χ2v) is 3.76. The van der Waals surface area contributed by atoms with E-state index in [2.05, 4.69) is 17.5 Å². The molecule has 0 bridgehead atoms. The van der Waals surface area contributed by atoms with Crippen molar-refractivity contribution < 1.29 is 9.50 Å². The molecule has 0 aromatic rings. The first-order chi connectivity index (χ1) is 5.65. The average molecular weight is 193 g/mol. The lowest BCUT2D eigenvalue weighted by Crippen LogP contribution is -2.49. The standard InChI is InChI=1S/C8H16FNOS/c1-6(5-12)10-3-2-7(9)8(11)4-10/h6-8,11-12H,2-5H2,1H3/t6?,7-,8-/m1/s1. The lowest BCUT2D eigenvalue weighted by Gasteiger charge is -2.35. The number of rotatable bonds is 2. The van der Waals surface area contributed by atoms with E-state index in [1.165, 1.54) is 0 Å². The van der Waals surface area contributed by atoms with Gasteiger partial charge in [-0.25, -0.2) is 4.39 Å². The molecule has 4 heteroatoms. The molecule has 1 aliphatic heterocycles. The fourth-order valence-electron chi connectivity index (χ4n) is 1.44. The summed E-state index contributed by atoms with van der Waals surface area (Å²) in [4.78, 5) is 2.08. The van der Waals surface area contributed by atoms with Gasteiger partial charge < -0.3 is 5.11 Å². The second-order valence-electron chi connectivity index (χ2n) is 3.40. The maximum atomic E-state index is 12.8. The SMILES string of the molecule is CC(CS)N1CC[C@@H](F)[C@H](O)C1. The smallest absolute Gasteiger partial charge is 0.128 e. The summed E-state index contributed by atoms with van der Waals surface area (Å²) in [5.74, 6) is 0.754. The number of halogens is 1. The van der Waals surface area contributed by atoms with Crippen molar-refractivity contribution in [2.75, 3.05) is 18.8 Å². The Kier molecular flexibility index (Phi) is 3.80. The molecule has 12 heavy (non-hydrogen) atoms. The van der Waals surface area contributed by atoms with E-state index in [1.54, 1.807) is 0 Å². The van der Waals surface area contributed by atoms with Gasteiger partial charge in [-0.2, -0.15) is 12.6 Å². The van der Waals surface area contributed by atoms with Gasteiger partial charge in [0.2, 0.25) is 0 Å². The molecule has 3 atom stereocenters. The van der Waals surface area contributed by atoms with Gasteiger partial charge in [0.05, 0.1) is 6.10 Å². The van der Waals surface area contributed by atoms with Crippen molar-refractivity contribution in [3.8, 4) is 0 Å². The van der Waals surface area contributed by atoms with Gasteiger partial charge >= 0.3 is 0 Å². The maximum Gasteiger partial charge on any atom is 0.128 e. The Hall–Kier alpha value is 0.200. The van der Waals surface area contributed by atoms with Gasteiger partial charge in [0.25, 0.3) is 0 Å². The Morgan fingerprint density at radius 1 is 1.75 bits per heavy atom. The minimum Gasteiger partial charge on any atom is -0.389 e. The third kappa shape index (κ3) is 2.34. The van der Waals surface area contributed by atoms with Crippen LogP contribution in [-0.2, 0) is 0 Å². The fourth-order valence-corrected chi connectivity index (χ4v) is 1.67. The van der Waals surface area contributed by atoms with Crippen LogP contribution < -0.4 is 0 Å². The lowest BCUT2D eigenvalue weighted by atomic mass is 10.1. The van der Waals surface area contributed by atoms with Gasteiger partial charge in [-0.3, -0.25) is 4.90 Å². The summed E-state index contributed by atoms with van der Waals surface area (Å²) in [6.45, 7) is 3.22. The van der Waals surface area contributed by atoms with E-state index in [4.69, 9.17) is 0 Å². The number of thiol groups is 1. The molecule has 1 unspecified atom stereocenters. The number of nitrogens with zero attached hydrogens (tertiary/aromatic N) is 1. The summed E-state index contributed by atoms with van der Waals surface area (Å²) in [6.07, 6.45) is -1.39. The Balaban J connectivity index is 2.39. The van der Waals surface area contributed by atoms with E-state index in [1.807, 2.05) is 6.92 Å². The molecule has 0 aromatic heterocycles. The zero-order valence-corrected chi connectivity index (χ0v) is 8.17. The summed E-state index contributed by atoms with van der Waals surface area (Å²) >= 11 is 4.16. The Morgan fingerprint density at radius 2 is 2.42 bits per heavy atom. The molecule has 1 heterocycles. The molecule has 1 N–H and O–H groups in total. The third-order valence-corrected chi connectivity index (χ3v) is 2.95. The van der Waals surface area contributed by atoms with Gasteiger partial charge in [-0.1, -0.05) is 0 Å². The van der Waals surface area contributed by atoms with E-state index in [0.29, 0.717) is 19.0 Å². The first-order valence-corrected chi connectivity index (χ1v) is 4.95. The van der Waals surface area contributed by atoms with Crippen LogP contribution >= 0.6 is 12.6 Å². The van der Waals surface area contributed by atoms with Crippen molar-refractivity contribution in [1.82, 2.24) is 4.90 Å². The number of hydrogen-bond acceptors (Lipinski definition) is 3. The first-order valence-electron chi connectivity index (χ1n) is 4.32. The van der Waals surface area contributed by atoms with Crippen molar-refractivity contribution in [2.45, 2.75) is 31.7 Å². The largest absolute Gasteiger partial charge is 0.389 e. The van der Waals surface area contributed by atoms with E-state index in [9.17, 15) is 9.50 Å². The van der Waals surface area contributed by atoms with Gasteiger partial charge in [0, 0.05) is 24.9 Å².